The number of aromatic nitrogens is 2. The molecule has 0 aliphatic heterocycles. The summed E-state index contributed by atoms with van der Waals surface area (Å²) in [4.78, 5) is 8.86. The van der Waals surface area contributed by atoms with Crippen molar-refractivity contribution in [1.29, 1.82) is 0 Å². The molecule has 0 fully saturated rings. The molecule has 5 nitrogen and oxygen atoms in total. The summed E-state index contributed by atoms with van der Waals surface area (Å²) in [5.41, 5.74) is 4.43. The summed E-state index contributed by atoms with van der Waals surface area (Å²) in [6.07, 6.45) is 4.01. The lowest BCUT2D eigenvalue weighted by molar-refractivity contribution is 0.796. The molecule has 0 unspecified atom stereocenters. The fourth-order valence-corrected chi connectivity index (χ4v) is 2.84. The maximum atomic E-state index is 4.59. The number of hydrogen-bond acceptors (Lipinski definition) is 2. The monoisotopic (exact) mass is 385 g/mol. The third-order valence-electron chi connectivity index (χ3n) is 3.83. The third kappa shape index (κ3) is 3.94. The van der Waals surface area contributed by atoms with Crippen molar-refractivity contribution >= 4 is 27.5 Å². The van der Waals surface area contributed by atoms with Crippen molar-refractivity contribution in [3.05, 3.63) is 70.1 Å². The van der Waals surface area contributed by atoms with Gasteiger partial charge in [0, 0.05) is 30.5 Å². The van der Waals surface area contributed by atoms with Gasteiger partial charge in [-0.05, 0) is 46.1 Å². The fraction of sp³-hybridized carbons (Fsp3) is 0.222. The van der Waals surface area contributed by atoms with Crippen molar-refractivity contribution < 1.29 is 0 Å². The summed E-state index contributed by atoms with van der Waals surface area (Å²) in [6, 6.07) is 12.3. The van der Waals surface area contributed by atoms with Gasteiger partial charge in [0.15, 0.2) is 5.96 Å². The normalized spacial score (nSPS) is 11.7. The topological polar surface area (TPSA) is 53.7 Å². The van der Waals surface area contributed by atoms with Crippen molar-refractivity contribution in [2.75, 3.05) is 7.05 Å². The van der Waals surface area contributed by atoms with Crippen LogP contribution in [0.15, 0.2) is 58.3 Å². The molecule has 0 saturated carbocycles. The first-order valence-corrected chi connectivity index (χ1v) is 8.57. The highest BCUT2D eigenvalue weighted by Gasteiger charge is 2.04. The molecule has 0 bridgehead atoms. The Morgan fingerprint density at radius 2 is 1.92 bits per heavy atom. The molecule has 0 radical (unpaired) electrons. The molecule has 3 aromatic rings. The second kappa shape index (κ2) is 7.49. The van der Waals surface area contributed by atoms with E-state index >= 15 is 0 Å². The van der Waals surface area contributed by atoms with Crippen LogP contribution in [0.2, 0.25) is 0 Å². The van der Waals surface area contributed by atoms with Gasteiger partial charge in [0.2, 0.25) is 0 Å². The van der Waals surface area contributed by atoms with Crippen LogP contribution < -0.4 is 10.6 Å². The van der Waals surface area contributed by atoms with Gasteiger partial charge in [-0.3, -0.25) is 4.99 Å². The number of aryl methyl sites for hydroxylation is 1. The first-order valence-electron chi connectivity index (χ1n) is 7.78. The minimum atomic E-state index is 0.618. The molecule has 1 aromatic carbocycles. The lowest BCUT2D eigenvalue weighted by Crippen LogP contribution is -2.36. The van der Waals surface area contributed by atoms with Crippen molar-refractivity contribution in [2.45, 2.75) is 20.0 Å². The lowest BCUT2D eigenvalue weighted by Gasteiger charge is -2.12. The SMILES string of the molecule is CN=C(NCc1cn2cc(Br)ccc2n1)NCc1ccccc1C. The average Bonchev–Trinajstić information content (AvgIpc) is 2.98. The number of hydrogen-bond donors (Lipinski definition) is 2. The number of fused-ring (bicyclic) bond motifs is 1. The van der Waals surface area contributed by atoms with E-state index in [4.69, 9.17) is 0 Å². The summed E-state index contributed by atoms with van der Waals surface area (Å²) >= 11 is 3.47. The molecule has 0 saturated heterocycles. The van der Waals surface area contributed by atoms with Crippen LogP contribution in [-0.2, 0) is 13.1 Å². The fourth-order valence-electron chi connectivity index (χ4n) is 2.48. The van der Waals surface area contributed by atoms with Gasteiger partial charge in [0.25, 0.3) is 0 Å². The van der Waals surface area contributed by atoms with E-state index in [0.29, 0.717) is 6.54 Å². The van der Waals surface area contributed by atoms with Gasteiger partial charge in [-0.1, -0.05) is 24.3 Å². The van der Waals surface area contributed by atoms with Crippen LogP contribution in [0.5, 0.6) is 0 Å². The van der Waals surface area contributed by atoms with E-state index in [1.54, 1.807) is 7.05 Å². The smallest absolute Gasteiger partial charge is 0.191 e. The molecule has 0 amide bonds. The third-order valence-corrected chi connectivity index (χ3v) is 4.30. The maximum Gasteiger partial charge on any atom is 0.191 e. The Bertz CT molecular complexity index is 869. The van der Waals surface area contributed by atoms with Crippen LogP contribution in [0.4, 0.5) is 0 Å². The average molecular weight is 386 g/mol. The van der Waals surface area contributed by atoms with Crippen LogP contribution >= 0.6 is 15.9 Å². The van der Waals surface area contributed by atoms with Gasteiger partial charge < -0.3 is 15.0 Å². The highest BCUT2D eigenvalue weighted by Crippen LogP contribution is 2.12. The molecular formula is C18H20BrN5. The summed E-state index contributed by atoms with van der Waals surface area (Å²) in [6.45, 7) is 3.47. The Hall–Kier alpha value is -2.34. The zero-order valence-electron chi connectivity index (χ0n) is 13.8. The van der Waals surface area contributed by atoms with Gasteiger partial charge in [-0.25, -0.2) is 4.98 Å². The molecule has 0 spiro atoms. The number of benzene rings is 1. The first kappa shape index (κ1) is 16.5. The molecule has 2 N–H and O–H groups in total. The number of imidazole rings is 1. The van der Waals surface area contributed by atoms with Crippen molar-refractivity contribution in [3.8, 4) is 0 Å². The largest absolute Gasteiger partial charge is 0.352 e. The van der Waals surface area contributed by atoms with Crippen LogP contribution in [0.1, 0.15) is 16.8 Å². The van der Waals surface area contributed by atoms with E-state index in [1.165, 1.54) is 11.1 Å². The molecule has 0 atom stereocenters. The Kier molecular flexibility index (Phi) is 5.15. The van der Waals surface area contributed by atoms with E-state index in [-0.39, 0.29) is 0 Å². The number of rotatable bonds is 4. The molecule has 3 rings (SSSR count). The van der Waals surface area contributed by atoms with Crippen LogP contribution in [-0.4, -0.2) is 22.4 Å². The van der Waals surface area contributed by atoms with Crippen molar-refractivity contribution in [3.63, 3.8) is 0 Å². The molecule has 0 aliphatic carbocycles. The highest BCUT2D eigenvalue weighted by atomic mass is 79.9. The van der Waals surface area contributed by atoms with E-state index in [1.807, 2.05) is 35.0 Å². The van der Waals surface area contributed by atoms with Crippen LogP contribution in [0, 0.1) is 6.92 Å². The Morgan fingerprint density at radius 3 is 2.71 bits per heavy atom. The molecule has 2 aromatic heterocycles. The molecular weight excluding hydrogens is 366 g/mol. The summed E-state index contributed by atoms with van der Waals surface area (Å²) in [5.74, 6) is 0.761. The van der Waals surface area contributed by atoms with E-state index < -0.39 is 0 Å². The Morgan fingerprint density at radius 1 is 1.12 bits per heavy atom. The van der Waals surface area contributed by atoms with Gasteiger partial charge >= 0.3 is 0 Å². The zero-order valence-corrected chi connectivity index (χ0v) is 15.3. The second-order valence-electron chi connectivity index (χ2n) is 5.55. The molecule has 0 aliphatic rings. The quantitative estimate of drug-likeness (QED) is 0.535. The van der Waals surface area contributed by atoms with E-state index in [9.17, 15) is 0 Å². The van der Waals surface area contributed by atoms with Gasteiger partial charge in [0.1, 0.15) is 5.65 Å². The standard InChI is InChI=1S/C18H20BrN5/c1-13-5-3-4-6-14(13)9-21-18(20-2)22-10-16-12-24-11-15(19)7-8-17(24)23-16/h3-8,11-12H,9-10H2,1-2H3,(H2,20,21,22). The molecule has 6 heteroatoms. The molecule has 24 heavy (non-hydrogen) atoms. The van der Waals surface area contributed by atoms with Crippen LogP contribution in [0.3, 0.4) is 0 Å². The summed E-state index contributed by atoms with van der Waals surface area (Å²) in [5, 5.41) is 6.64. The number of pyridine rings is 1. The minimum absolute atomic E-state index is 0.618. The predicted octanol–water partition coefficient (Wildman–Crippen LogP) is 3.27. The van der Waals surface area contributed by atoms with E-state index in [0.717, 1.165) is 28.3 Å². The summed E-state index contributed by atoms with van der Waals surface area (Å²) < 4.78 is 3.03. The highest BCUT2D eigenvalue weighted by molar-refractivity contribution is 9.10. The number of nitrogens with zero attached hydrogens (tertiary/aromatic N) is 3. The van der Waals surface area contributed by atoms with Crippen molar-refractivity contribution in [1.82, 2.24) is 20.0 Å². The zero-order chi connectivity index (χ0) is 16.9. The van der Waals surface area contributed by atoms with Gasteiger partial charge in [-0.15, -0.1) is 0 Å². The van der Waals surface area contributed by atoms with E-state index in [2.05, 4.69) is 61.7 Å². The molecule has 2 heterocycles. The maximum absolute atomic E-state index is 4.59. The number of halogens is 1. The lowest BCUT2D eigenvalue weighted by atomic mass is 10.1. The van der Waals surface area contributed by atoms with Gasteiger partial charge in [0.05, 0.1) is 12.2 Å². The Labute approximate surface area is 150 Å². The number of guanidine groups is 1. The Balaban J connectivity index is 1.60. The first-order chi connectivity index (χ1) is 11.7. The number of nitrogens with one attached hydrogen (secondary N) is 2. The van der Waals surface area contributed by atoms with Gasteiger partial charge in [-0.2, -0.15) is 0 Å². The predicted molar refractivity (Wildman–Crippen MR) is 101 cm³/mol. The molecule has 124 valence electrons. The van der Waals surface area contributed by atoms with Crippen molar-refractivity contribution in [2.24, 2.45) is 4.99 Å². The van der Waals surface area contributed by atoms with Crippen LogP contribution in [0.25, 0.3) is 5.65 Å². The number of aliphatic imine (C=N–C) groups is 1. The minimum Gasteiger partial charge on any atom is -0.352 e. The summed E-state index contributed by atoms with van der Waals surface area (Å²) in [7, 11) is 1.77. The second-order valence-corrected chi connectivity index (χ2v) is 6.47.